The van der Waals surface area contributed by atoms with Crippen molar-refractivity contribution >= 4 is 33.6 Å². The summed E-state index contributed by atoms with van der Waals surface area (Å²) in [7, 11) is 1.64. The Morgan fingerprint density at radius 3 is 2.81 bits per heavy atom. The summed E-state index contributed by atoms with van der Waals surface area (Å²) in [5.74, 6) is 1.29. The third kappa shape index (κ3) is 5.66. The van der Waals surface area contributed by atoms with Gasteiger partial charge in [0.05, 0.1) is 50.5 Å². The summed E-state index contributed by atoms with van der Waals surface area (Å²) < 4.78 is 18.8. The number of methoxy groups -OCH3 is 1. The van der Waals surface area contributed by atoms with E-state index in [4.69, 9.17) is 19.2 Å². The molecule has 4 rings (SSSR count). The number of hydrogen-bond acceptors (Lipinski definition) is 8. The highest BCUT2D eigenvalue weighted by atomic mass is 32.2. The van der Waals surface area contributed by atoms with Gasteiger partial charge in [-0.2, -0.15) is 5.10 Å². The van der Waals surface area contributed by atoms with Crippen LogP contribution in [0.2, 0.25) is 0 Å². The molecule has 0 spiro atoms. The molecule has 0 radical (unpaired) electrons. The van der Waals surface area contributed by atoms with Gasteiger partial charge in [-0.05, 0) is 56.8 Å². The van der Waals surface area contributed by atoms with E-state index in [0.29, 0.717) is 61.1 Å². The van der Waals surface area contributed by atoms with Crippen molar-refractivity contribution in [1.82, 2.24) is 19.7 Å². The number of ether oxygens (including phenoxy) is 3. The van der Waals surface area contributed by atoms with E-state index in [-0.39, 0.29) is 21.7 Å². The van der Waals surface area contributed by atoms with E-state index in [9.17, 15) is 4.79 Å². The molecule has 1 saturated heterocycles. The summed E-state index contributed by atoms with van der Waals surface area (Å²) in [5.41, 5.74) is 2.51. The van der Waals surface area contributed by atoms with Gasteiger partial charge in [0.25, 0.3) is 0 Å². The molecule has 4 heterocycles. The van der Waals surface area contributed by atoms with E-state index < -0.39 is 5.97 Å². The Morgan fingerprint density at radius 1 is 1.28 bits per heavy atom. The highest BCUT2D eigenvalue weighted by molar-refractivity contribution is 7.97. The van der Waals surface area contributed by atoms with E-state index >= 15 is 0 Å². The summed E-state index contributed by atoms with van der Waals surface area (Å²) in [6.45, 7) is 11.7. The maximum Gasteiger partial charge on any atom is 0.338 e. The first kappa shape index (κ1) is 26.4. The van der Waals surface area contributed by atoms with Crippen LogP contribution in [-0.2, 0) is 31.8 Å². The lowest BCUT2D eigenvalue weighted by Crippen LogP contribution is -2.44. The van der Waals surface area contributed by atoms with Crippen LogP contribution >= 0.6 is 0 Å². The van der Waals surface area contributed by atoms with Crippen LogP contribution in [0.3, 0.4) is 0 Å². The Morgan fingerprint density at radius 2 is 2.08 bits per heavy atom. The van der Waals surface area contributed by atoms with Gasteiger partial charge in [0.2, 0.25) is 0 Å². The van der Waals surface area contributed by atoms with Crippen molar-refractivity contribution in [3.63, 3.8) is 0 Å². The molecule has 1 aliphatic heterocycles. The minimum atomic E-state index is -0.410. The molecule has 0 amide bonds. The molecule has 0 aromatic carbocycles. The summed E-state index contributed by atoms with van der Waals surface area (Å²) in [4.78, 5) is 24.6. The van der Waals surface area contributed by atoms with Gasteiger partial charge in [-0.25, -0.2) is 14.5 Å². The van der Waals surface area contributed by atoms with Crippen molar-refractivity contribution in [1.29, 1.82) is 0 Å². The molecule has 10 heteroatoms. The van der Waals surface area contributed by atoms with Gasteiger partial charge >= 0.3 is 5.97 Å². The highest BCUT2D eigenvalue weighted by Gasteiger charge is 2.29. The summed E-state index contributed by atoms with van der Waals surface area (Å²) in [6, 6.07) is 5.63. The first-order valence-electron chi connectivity index (χ1n) is 12.2. The Labute approximate surface area is 215 Å². The zero-order valence-electron chi connectivity index (χ0n) is 22.0. The minimum Gasteiger partial charge on any atom is -0.465 e. The third-order valence-corrected chi connectivity index (χ3v) is 9.40. The SMILES string of the molecule is COC(=O)c1cc(N2CCOC[C@H]2C)nc2c(-c3ccnn3COCC[S+](C)C(C)(C)C)nccc12. The number of aromatic nitrogens is 4. The van der Waals surface area contributed by atoms with Crippen LogP contribution in [0.15, 0.2) is 30.6 Å². The van der Waals surface area contributed by atoms with Crippen LogP contribution < -0.4 is 4.90 Å². The van der Waals surface area contributed by atoms with E-state index in [1.54, 1.807) is 29.2 Å². The van der Waals surface area contributed by atoms with E-state index in [1.165, 1.54) is 7.11 Å². The molecule has 0 saturated carbocycles. The fraction of sp³-hybridized carbons (Fsp3) is 0.538. The predicted molar refractivity (Wildman–Crippen MR) is 144 cm³/mol. The van der Waals surface area contributed by atoms with Crippen LogP contribution in [0.25, 0.3) is 22.3 Å². The number of anilines is 1. The van der Waals surface area contributed by atoms with Crippen LogP contribution in [-0.4, -0.2) is 82.0 Å². The highest BCUT2D eigenvalue weighted by Crippen LogP contribution is 2.31. The molecule has 0 N–H and O–H groups in total. The van der Waals surface area contributed by atoms with E-state index in [2.05, 4.69) is 48.9 Å². The second-order valence-corrected chi connectivity index (χ2v) is 12.8. The molecule has 0 aliphatic carbocycles. The smallest absolute Gasteiger partial charge is 0.338 e. The molecule has 36 heavy (non-hydrogen) atoms. The zero-order valence-corrected chi connectivity index (χ0v) is 22.8. The number of morpholine rings is 1. The average Bonchev–Trinajstić information content (AvgIpc) is 3.33. The third-order valence-electron chi connectivity index (χ3n) is 6.53. The topological polar surface area (TPSA) is 91.6 Å². The number of carbonyl (C=O) groups excluding carboxylic acids is 1. The molecule has 1 aliphatic rings. The normalized spacial score (nSPS) is 17.4. The number of nitrogens with zero attached hydrogens (tertiary/aromatic N) is 5. The maximum atomic E-state index is 12.8. The maximum absolute atomic E-state index is 12.8. The molecule has 3 aromatic heterocycles. The van der Waals surface area contributed by atoms with Gasteiger partial charge in [0, 0.05) is 24.3 Å². The molecule has 2 atom stereocenters. The molecule has 1 unspecified atom stereocenters. The molecule has 194 valence electrons. The van der Waals surface area contributed by atoms with Crippen molar-refractivity contribution in [2.75, 3.05) is 50.4 Å². The number of esters is 1. The monoisotopic (exact) mass is 514 g/mol. The van der Waals surface area contributed by atoms with Gasteiger partial charge in [-0.3, -0.25) is 4.98 Å². The average molecular weight is 515 g/mol. The van der Waals surface area contributed by atoms with Gasteiger partial charge < -0.3 is 19.1 Å². The largest absolute Gasteiger partial charge is 0.465 e. The van der Waals surface area contributed by atoms with Crippen molar-refractivity contribution in [3.8, 4) is 11.4 Å². The van der Waals surface area contributed by atoms with Crippen molar-refractivity contribution in [2.24, 2.45) is 0 Å². The molecule has 0 bridgehead atoms. The van der Waals surface area contributed by atoms with Gasteiger partial charge in [-0.1, -0.05) is 0 Å². The van der Waals surface area contributed by atoms with Crippen molar-refractivity contribution in [2.45, 2.75) is 45.2 Å². The Kier molecular flexibility index (Phi) is 8.17. The zero-order chi connectivity index (χ0) is 25.9. The number of rotatable bonds is 8. The fourth-order valence-corrected chi connectivity index (χ4v) is 5.08. The Bertz CT molecular complexity index is 1210. The van der Waals surface area contributed by atoms with Gasteiger partial charge in [-0.15, -0.1) is 0 Å². The molecular formula is C26H36N5O4S+. The van der Waals surface area contributed by atoms with Crippen molar-refractivity contribution < 1.29 is 19.0 Å². The van der Waals surface area contributed by atoms with E-state index in [0.717, 1.165) is 11.4 Å². The second kappa shape index (κ2) is 11.1. The van der Waals surface area contributed by atoms with Crippen LogP contribution in [0.4, 0.5) is 5.82 Å². The number of fused-ring (bicyclic) bond motifs is 1. The van der Waals surface area contributed by atoms with Gasteiger partial charge in [0.1, 0.15) is 34.3 Å². The lowest BCUT2D eigenvalue weighted by molar-refractivity contribution is 0.0603. The standard InChI is InChI=1S/C26H36N5O4S/c1-18-16-34-12-11-30(18)22-15-20(25(32)33-5)19-7-9-27-24(23(19)29-22)21-8-10-28-31(21)17-35-13-14-36(6)26(2,3)4/h7-10,15,18H,11-14,16-17H2,1-6H3/q+1/t18-,36?/m1/s1. The molecule has 1 fully saturated rings. The number of pyridine rings is 2. The number of carbonyl (C=O) groups is 1. The van der Waals surface area contributed by atoms with Crippen molar-refractivity contribution in [3.05, 3.63) is 36.2 Å². The molecular weight excluding hydrogens is 478 g/mol. The summed E-state index contributed by atoms with van der Waals surface area (Å²) in [6.07, 6.45) is 5.70. The molecule has 9 nitrogen and oxygen atoms in total. The first-order chi connectivity index (χ1) is 17.2. The molecule has 3 aromatic rings. The van der Waals surface area contributed by atoms with Gasteiger partial charge in [0.15, 0.2) is 0 Å². The summed E-state index contributed by atoms with van der Waals surface area (Å²) >= 11 is 0. The summed E-state index contributed by atoms with van der Waals surface area (Å²) in [5, 5.41) is 5.16. The quantitative estimate of drug-likeness (QED) is 0.256. The predicted octanol–water partition coefficient (Wildman–Crippen LogP) is 3.53. The lowest BCUT2D eigenvalue weighted by Gasteiger charge is -2.34. The Hall–Kier alpha value is -2.69. The van der Waals surface area contributed by atoms with Crippen LogP contribution in [0.1, 0.15) is 38.1 Å². The Balaban J connectivity index is 1.68. The van der Waals surface area contributed by atoms with E-state index in [1.807, 2.05) is 6.07 Å². The van der Waals surface area contributed by atoms with Crippen LogP contribution in [0.5, 0.6) is 0 Å². The first-order valence-corrected chi connectivity index (χ1v) is 14.0. The second-order valence-electron chi connectivity index (χ2n) is 9.90. The van der Waals surface area contributed by atoms with Crippen LogP contribution in [0, 0.1) is 0 Å². The minimum absolute atomic E-state index is 0.129. The fourth-order valence-electron chi connectivity index (χ4n) is 4.10. The number of hydrogen-bond donors (Lipinski definition) is 0. The lowest BCUT2D eigenvalue weighted by atomic mass is 10.1.